The summed E-state index contributed by atoms with van der Waals surface area (Å²) < 4.78 is 10.9. The van der Waals surface area contributed by atoms with Crippen LogP contribution in [0.25, 0.3) is 0 Å². The maximum absolute atomic E-state index is 13.1. The van der Waals surface area contributed by atoms with Gasteiger partial charge in [0.1, 0.15) is 11.5 Å². The molecule has 0 unspecified atom stereocenters. The molecule has 4 nitrogen and oxygen atoms in total. The van der Waals surface area contributed by atoms with Crippen molar-refractivity contribution >= 4 is 17.3 Å². The quantitative estimate of drug-likeness (QED) is 0.839. The summed E-state index contributed by atoms with van der Waals surface area (Å²) in [7, 11) is 3.20. The van der Waals surface area contributed by atoms with Crippen molar-refractivity contribution < 1.29 is 14.3 Å². The van der Waals surface area contributed by atoms with Gasteiger partial charge in [0.2, 0.25) is 5.91 Å². The molecule has 0 radical (unpaired) electrons. The van der Waals surface area contributed by atoms with Crippen LogP contribution < -0.4 is 14.4 Å². The molecule has 4 heteroatoms. The maximum Gasteiger partial charge on any atom is 0.237 e. The molecule has 0 N–H and O–H groups in total. The van der Waals surface area contributed by atoms with Crippen LogP contribution in [0.3, 0.4) is 0 Å². The van der Waals surface area contributed by atoms with E-state index in [9.17, 15) is 4.79 Å². The highest BCUT2D eigenvalue weighted by atomic mass is 16.5. The van der Waals surface area contributed by atoms with Crippen molar-refractivity contribution in [3.05, 3.63) is 48.5 Å². The molecule has 0 saturated carbocycles. The zero-order chi connectivity index (χ0) is 17.0. The van der Waals surface area contributed by atoms with Gasteiger partial charge in [-0.2, -0.15) is 0 Å². The van der Waals surface area contributed by atoms with Crippen LogP contribution >= 0.6 is 0 Å². The van der Waals surface area contributed by atoms with Crippen molar-refractivity contribution in [1.29, 1.82) is 0 Å². The molecule has 0 fully saturated rings. The first-order valence-corrected chi connectivity index (χ1v) is 7.50. The molecule has 2 rings (SSSR count). The van der Waals surface area contributed by atoms with E-state index in [1.54, 1.807) is 19.1 Å². The predicted molar refractivity (Wildman–Crippen MR) is 92.6 cm³/mol. The van der Waals surface area contributed by atoms with Gasteiger partial charge in [-0.15, -0.1) is 0 Å². The van der Waals surface area contributed by atoms with Crippen LogP contribution in [-0.4, -0.2) is 20.1 Å². The number of benzene rings is 2. The molecule has 0 aromatic heterocycles. The number of rotatable bonds is 4. The standard InChI is InChI=1S/C19H23NO3/c1-19(2,3)18(21)20(14-10-6-8-12-16(14)22-4)15-11-7-9-13-17(15)23-5/h6-13H,1-5H3. The number of anilines is 2. The fourth-order valence-corrected chi connectivity index (χ4v) is 2.31. The van der Waals surface area contributed by atoms with Crippen LogP contribution in [0, 0.1) is 5.41 Å². The van der Waals surface area contributed by atoms with Crippen molar-refractivity contribution in [2.24, 2.45) is 5.41 Å². The number of nitrogens with zero attached hydrogens (tertiary/aromatic N) is 1. The van der Waals surface area contributed by atoms with E-state index in [2.05, 4.69) is 0 Å². The summed E-state index contributed by atoms with van der Waals surface area (Å²) >= 11 is 0. The Hall–Kier alpha value is -2.49. The van der Waals surface area contributed by atoms with Crippen molar-refractivity contribution in [2.45, 2.75) is 20.8 Å². The van der Waals surface area contributed by atoms with E-state index >= 15 is 0 Å². The second-order valence-electron chi connectivity index (χ2n) is 6.23. The third kappa shape index (κ3) is 3.47. The van der Waals surface area contributed by atoms with Crippen molar-refractivity contribution in [2.75, 3.05) is 19.1 Å². The van der Waals surface area contributed by atoms with E-state index in [1.165, 1.54) is 0 Å². The second-order valence-corrected chi connectivity index (χ2v) is 6.23. The highest BCUT2D eigenvalue weighted by Crippen LogP contribution is 2.40. The fourth-order valence-electron chi connectivity index (χ4n) is 2.31. The van der Waals surface area contributed by atoms with Crippen LogP contribution in [0.15, 0.2) is 48.5 Å². The summed E-state index contributed by atoms with van der Waals surface area (Å²) in [4.78, 5) is 14.8. The Morgan fingerprint density at radius 2 is 1.22 bits per heavy atom. The van der Waals surface area contributed by atoms with E-state index in [0.29, 0.717) is 22.9 Å². The molecule has 0 aliphatic rings. The predicted octanol–water partition coefficient (Wildman–Crippen LogP) is 4.41. The maximum atomic E-state index is 13.1. The van der Waals surface area contributed by atoms with Gasteiger partial charge in [0.15, 0.2) is 0 Å². The van der Waals surface area contributed by atoms with E-state index in [1.807, 2.05) is 69.3 Å². The molecule has 0 atom stereocenters. The summed E-state index contributed by atoms with van der Waals surface area (Å²) in [5.41, 5.74) is 0.834. The van der Waals surface area contributed by atoms with Gasteiger partial charge in [-0.1, -0.05) is 45.0 Å². The summed E-state index contributed by atoms with van der Waals surface area (Å²) in [6, 6.07) is 15.0. The normalized spacial score (nSPS) is 11.0. The Balaban J connectivity index is 2.68. The zero-order valence-electron chi connectivity index (χ0n) is 14.3. The van der Waals surface area contributed by atoms with Crippen LogP contribution in [0.2, 0.25) is 0 Å². The van der Waals surface area contributed by atoms with Gasteiger partial charge in [-0.3, -0.25) is 9.69 Å². The highest BCUT2D eigenvalue weighted by molar-refractivity contribution is 6.05. The molecule has 0 bridgehead atoms. The largest absolute Gasteiger partial charge is 0.495 e. The van der Waals surface area contributed by atoms with Gasteiger partial charge in [-0.05, 0) is 24.3 Å². The van der Waals surface area contributed by atoms with Crippen molar-refractivity contribution in [3.63, 3.8) is 0 Å². The number of ether oxygens (including phenoxy) is 2. The number of carbonyl (C=O) groups is 1. The lowest BCUT2D eigenvalue weighted by Gasteiger charge is -2.31. The van der Waals surface area contributed by atoms with Gasteiger partial charge >= 0.3 is 0 Å². The third-order valence-corrected chi connectivity index (χ3v) is 3.50. The summed E-state index contributed by atoms with van der Waals surface area (Å²) in [6.07, 6.45) is 0. The number of carbonyl (C=O) groups excluding carboxylic acids is 1. The Bertz CT molecular complexity index is 642. The van der Waals surface area contributed by atoms with Crippen LogP contribution in [0.4, 0.5) is 11.4 Å². The summed E-state index contributed by atoms with van der Waals surface area (Å²) in [6.45, 7) is 5.69. The van der Waals surface area contributed by atoms with Crippen molar-refractivity contribution in [1.82, 2.24) is 0 Å². The molecule has 0 heterocycles. The van der Waals surface area contributed by atoms with E-state index in [4.69, 9.17) is 9.47 Å². The molecule has 2 aromatic rings. The van der Waals surface area contributed by atoms with E-state index in [0.717, 1.165) is 0 Å². The number of para-hydroxylation sites is 4. The van der Waals surface area contributed by atoms with Gasteiger partial charge in [0, 0.05) is 5.41 Å². The molecule has 122 valence electrons. The molecular weight excluding hydrogens is 290 g/mol. The lowest BCUT2D eigenvalue weighted by Crippen LogP contribution is -2.36. The summed E-state index contributed by atoms with van der Waals surface area (Å²) in [5, 5.41) is 0. The van der Waals surface area contributed by atoms with Crippen LogP contribution in [0.1, 0.15) is 20.8 Å². The average molecular weight is 313 g/mol. The van der Waals surface area contributed by atoms with E-state index < -0.39 is 5.41 Å². The minimum atomic E-state index is -0.554. The topological polar surface area (TPSA) is 38.8 Å². The number of hydrogen-bond acceptors (Lipinski definition) is 3. The second kappa shape index (κ2) is 6.73. The first kappa shape index (κ1) is 16.9. The Morgan fingerprint density at radius 1 is 0.826 bits per heavy atom. The lowest BCUT2D eigenvalue weighted by atomic mass is 9.94. The lowest BCUT2D eigenvalue weighted by molar-refractivity contribution is -0.125. The van der Waals surface area contributed by atoms with Crippen molar-refractivity contribution in [3.8, 4) is 11.5 Å². The molecule has 2 aromatic carbocycles. The first-order valence-electron chi connectivity index (χ1n) is 7.50. The van der Waals surface area contributed by atoms with Gasteiger partial charge in [0.05, 0.1) is 25.6 Å². The number of hydrogen-bond donors (Lipinski definition) is 0. The first-order chi connectivity index (χ1) is 10.9. The molecule has 0 spiro atoms. The minimum absolute atomic E-state index is 0.0356. The van der Waals surface area contributed by atoms with Gasteiger partial charge < -0.3 is 9.47 Å². The number of amides is 1. The molecule has 23 heavy (non-hydrogen) atoms. The molecule has 0 saturated heterocycles. The molecule has 1 amide bonds. The SMILES string of the molecule is COc1ccccc1N(C(=O)C(C)(C)C)c1ccccc1OC. The Labute approximate surface area is 137 Å². The monoisotopic (exact) mass is 313 g/mol. The molecule has 0 aliphatic carbocycles. The third-order valence-electron chi connectivity index (χ3n) is 3.50. The molecular formula is C19H23NO3. The minimum Gasteiger partial charge on any atom is -0.495 e. The zero-order valence-corrected chi connectivity index (χ0v) is 14.3. The van der Waals surface area contributed by atoms with Gasteiger partial charge in [-0.25, -0.2) is 0 Å². The van der Waals surface area contributed by atoms with Crippen LogP contribution in [0.5, 0.6) is 11.5 Å². The average Bonchev–Trinajstić information content (AvgIpc) is 2.55. The highest BCUT2D eigenvalue weighted by Gasteiger charge is 2.32. The molecule has 0 aliphatic heterocycles. The number of methoxy groups -OCH3 is 2. The Morgan fingerprint density at radius 3 is 1.57 bits per heavy atom. The van der Waals surface area contributed by atoms with Gasteiger partial charge in [0.25, 0.3) is 0 Å². The fraction of sp³-hybridized carbons (Fsp3) is 0.316. The Kier molecular flexibility index (Phi) is 4.94. The summed E-state index contributed by atoms with van der Waals surface area (Å²) in [5.74, 6) is 1.23. The smallest absolute Gasteiger partial charge is 0.237 e. The van der Waals surface area contributed by atoms with E-state index in [-0.39, 0.29) is 5.91 Å². The van der Waals surface area contributed by atoms with Crippen LogP contribution in [-0.2, 0) is 4.79 Å².